The largest absolute Gasteiger partial charge is 0.352 e. The SMILES string of the molecule is C=C/C(=C\C=C(/C)C(=O)NCCC)c1nc2ccc(NC(=O)C3CCCCC3)cc2[nH]1. The molecule has 3 rings (SSSR count). The van der Waals surface area contributed by atoms with Gasteiger partial charge in [-0.25, -0.2) is 4.98 Å². The molecule has 1 aromatic carbocycles. The first-order chi connectivity index (χ1) is 15.0. The lowest BCUT2D eigenvalue weighted by molar-refractivity contribution is -0.120. The van der Waals surface area contributed by atoms with E-state index in [1.807, 2.05) is 31.2 Å². The van der Waals surface area contributed by atoms with Gasteiger partial charge in [-0.2, -0.15) is 0 Å². The Labute approximate surface area is 183 Å². The van der Waals surface area contributed by atoms with Crippen molar-refractivity contribution in [2.45, 2.75) is 52.4 Å². The van der Waals surface area contributed by atoms with Crippen LogP contribution in [0.15, 0.2) is 48.6 Å². The maximum absolute atomic E-state index is 12.5. The summed E-state index contributed by atoms with van der Waals surface area (Å²) in [5.74, 6) is 0.803. The van der Waals surface area contributed by atoms with Gasteiger partial charge >= 0.3 is 0 Å². The summed E-state index contributed by atoms with van der Waals surface area (Å²) in [5, 5.41) is 5.91. The van der Waals surface area contributed by atoms with Crippen LogP contribution in [0, 0.1) is 5.92 Å². The lowest BCUT2D eigenvalue weighted by atomic mass is 9.88. The number of nitrogens with one attached hydrogen (secondary N) is 3. The van der Waals surface area contributed by atoms with Crippen LogP contribution in [0.25, 0.3) is 16.6 Å². The number of fused-ring (bicyclic) bond motifs is 1. The normalized spacial score (nSPS) is 15.7. The highest BCUT2D eigenvalue weighted by Crippen LogP contribution is 2.26. The molecule has 1 aromatic heterocycles. The first kappa shape index (κ1) is 22.5. The van der Waals surface area contributed by atoms with Crippen molar-refractivity contribution in [1.29, 1.82) is 0 Å². The summed E-state index contributed by atoms with van der Waals surface area (Å²) in [4.78, 5) is 32.5. The molecule has 1 saturated carbocycles. The number of hydrogen-bond donors (Lipinski definition) is 3. The highest BCUT2D eigenvalue weighted by molar-refractivity contribution is 5.95. The number of carbonyl (C=O) groups excluding carboxylic acids is 2. The van der Waals surface area contributed by atoms with Crippen molar-refractivity contribution < 1.29 is 9.59 Å². The maximum Gasteiger partial charge on any atom is 0.246 e. The molecular formula is C25H32N4O2. The smallest absolute Gasteiger partial charge is 0.246 e. The predicted molar refractivity (Wildman–Crippen MR) is 127 cm³/mol. The Bertz CT molecular complexity index is 1010. The molecule has 2 amide bonds. The number of benzene rings is 1. The van der Waals surface area contributed by atoms with Crippen LogP contribution in [0.5, 0.6) is 0 Å². The van der Waals surface area contributed by atoms with Crippen LogP contribution in [0.4, 0.5) is 5.69 Å². The number of hydrogen-bond acceptors (Lipinski definition) is 3. The van der Waals surface area contributed by atoms with Gasteiger partial charge in [0.15, 0.2) is 0 Å². The van der Waals surface area contributed by atoms with E-state index in [1.165, 1.54) is 6.42 Å². The molecule has 0 atom stereocenters. The first-order valence-corrected chi connectivity index (χ1v) is 11.1. The molecule has 1 aliphatic rings. The fourth-order valence-electron chi connectivity index (χ4n) is 3.75. The fraction of sp³-hybridized carbons (Fsp3) is 0.400. The molecule has 2 aromatic rings. The molecular weight excluding hydrogens is 388 g/mol. The van der Waals surface area contributed by atoms with Gasteiger partial charge in [0.25, 0.3) is 0 Å². The number of anilines is 1. The van der Waals surface area contributed by atoms with E-state index < -0.39 is 0 Å². The van der Waals surface area contributed by atoms with E-state index in [4.69, 9.17) is 0 Å². The standard InChI is InChI=1S/C25H32N4O2/c1-4-15-26-24(30)17(3)11-12-18(5-2)23-28-21-14-13-20(16-22(21)29-23)27-25(31)19-9-7-6-8-10-19/h5,11-14,16,19H,2,4,6-10,15H2,1,3H3,(H,26,30)(H,27,31)(H,28,29)/b17-11+,18-12+. The van der Waals surface area contributed by atoms with Gasteiger partial charge in [0.05, 0.1) is 11.0 Å². The summed E-state index contributed by atoms with van der Waals surface area (Å²) in [6.07, 6.45) is 11.6. The van der Waals surface area contributed by atoms with Crippen LogP contribution >= 0.6 is 0 Å². The lowest BCUT2D eigenvalue weighted by Crippen LogP contribution is -2.24. The second kappa shape index (κ2) is 10.8. The van der Waals surface area contributed by atoms with E-state index in [-0.39, 0.29) is 17.7 Å². The van der Waals surface area contributed by atoms with E-state index >= 15 is 0 Å². The molecule has 31 heavy (non-hydrogen) atoms. The molecule has 1 fully saturated rings. The van der Waals surface area contributed by atoms with Gasteiger partial charge in [-0.1, -0.05) is 51.0 Å². The Morgan fingerprint density at radius 3 is 2.71 bits per heavy atom. The van der Waals surface area contributed by atoms with Crippen molar-refractivity contribution >= 4 is 34.1 Å². The number of aromatic amines is 1. The summed E-state index contributed by atoms with van der Waals surface area (Å²) in [7, 11) is 0. The summed E-state index contributed by atoms with van der Waals surface area (Å²) >= 11 is 0. The van der Waals surface area contributed by atoms with Crippen molar-refractivity contribution in [1.82, 2.24) is 15.3 Å². The number of rotatable bonds is 8. The Morgan fingerprint density at radius 1 is 1.23 bits per heavy atom. The summed E-state index contributed by atoms with van der Waals surface area (Å²) in [6.45, 7) is 8.33. The molecule has 0 spiro atoms. The minimum atomic E-state index is -0.0792. The van der Waals surface area contributed by atoms with Gasteiger partial charge in [0.2, 0.25) is 11.8 Å². The fourth-order valence-corrected chi connectivity index (χ4v) is 3.75. The predicted octanol–water partition coefficient (Wildman–Crippen LogP) is 5.12. The molecule has 6 nitrogen and oxygen atoms in total. The van der Waals surface area contributed by atoms with Crippen LogP contribution in [-0.2, 0) is 9.59 Å². The number of H-pyrrole nitrogens is 1. The molecule has 0 bridgehead atoms. The van der Waals surface area contributed by atoms with Crippen molar-refractivity contribution in [3.63, 3.8) is 0 Å². The second-order valence-corrected chi connectivity index (χ2v) is 8.07. The first-order valence-electron chi connectivity index (χ1n) is 11.1. The van der Waals surface area contributed by atoms with Crippen LogP contribution in [-0.4, -0.2) is 28.3 Å². The number of imidazole rings is 1. The molecule has 1 heterocycles. The minimum Gasteiger partial charge on any atom is -0.352 e. The van der Waals surface area contributed by atoms with Gasteiger partial charge < -0.3 is 15.6 Å². The number of allylic oxidation sites excluding steroid dienone is 4. The topological polar surface area (TPSA) is 86.9 Å². The lowest BCUT2D eigenvalue weighted by Gasteiger charge is -2.20. The van der Waals surface area contributed by atoms with Crippen LogP contribution in [0.2, 0.25) is 0 Å². The van der Waals surface area contributed by atoms with Gasteiger partial charge in [-0.05, 0) is 44.4 Å². The number of carbonyl (C=O) groups is 2. The third-order valence-electron chi connectivity index (χ3n) is 5.63. The Hall–Kier alpha value is -3.15. The van der Waals surface area contributed by atoms with Crippen LogP contribution in [0.3, 0.4) is 0 Å². The van der Waals surface area contributed by atoms with E-state index in [9.17, 15) is 9.59 Å². The zero-order valence-electron chi connectivity index (χ0n) is 18.5. The van der Waals surface area contributed by atoms with Crippen molar-refractivity contribution in [2.24, 2.45) is 5.92 Å². The van der Waals surface area contributed by atoms with Crippen molar-refractivity contribution in [2.75, 3.05) is 11.9 Å². The average Bonchev–Trinajstić information content (AvgIpc) is 3.21. The van der Waals surface area contributed by atoms with Gasteiger partial charge in [-0.15, -0.1) is 0 Å². The quantitative estimate of drug-likeness (QED) is 0.409. The number of amides is 2. The number of nitrogens with zero attached hydrogens (tertiary/aromatic N) is 1. The molecule has 0 radical (unpaired) electrons. The van der Waals surface area contributed by atoms with E-state index in [2.05, 4.69) is 27.2 Å². The molecule has 3 N–H and O–H groups in total. The van der Waals surface area contributed by atoms with Gasteiger partial charge in [0, 0.05) is 29.3 Å². The molecule has 0 aliphatic heterocycles. The molecule has 1 aliphatic carbocycles. The molecule has 164 valence electrons. The zero-order valence-corrected chi connectivity index (χ0v) is 18.5. The average molecular weight is 421 g/mol. The Morgan fingerprint density at radius 2 is 2.00 bits per heavy atom. The van der Waals surface area contributed by atoms with Gasteiger partial charge in [0.1, 0.15) is 5.82 Å². The van der Waals surface area contributed by atoms with Crippen LogP contribution < -0.4 is 10.6 Å². The zero-order chi connectivity index (χ0) is 22.2. The Kier molecular flexibility index (Phi) is 7.82. The maximum atomic E-state index is 12.5. The van der Waals surface area contributed by atoms with E-state index in [0.717, 1.165) is 54.4 Å². The second-order valence-electron chi connectivity index (χ2n) is 8.07. The highest BCUT2D eigenvalue weighted by atomic mass is 16.2. The summed E-state index contributed by atoms with van der Waals surface area (Å²) in [6, 6.07) is 5.69. The monoisotopic (exact) mass is 420 g/mol. The third kappa shape index (κ3) is 5.94. The number of aromatic nitrogens is 2. The van der Waals surface area contributed by atoms with E-state index in [1.54, 1.807) is 19.1 Å². The molecule has 6 heteroatoms. The van der Waals surface area contributed by atoms with Crippen LogP contribution in [0.1, 0.15) is 58.2 Å². The van der Waals surface area contributed by atoms with Crippen molar-refractivity contribution in [3.8, 4) is 0 Å². The highest BCUT2D eigenvalue weighted by Gasteiger charge is 2.21. The summed E-state index contributed by atoms with van der Waals surface area (Å²) < 4.78 is 0. The van der Waals surface area contributed by atoms with Crippen molar-refractivity contribution in [3.05, 3.63) is 54.4 Å². The van der Waals surface area contributed by atoms with E-state index in [0.29, 0.717) is 17.9 Å². The minimum absolute atomic E-state index is 0.0792. The molecule has 0 unspecified atom stereocenters. The third-order valence-corrected chi connectivity index (χ3v) is 5.63. The van der Waals surface area contributed by atoms with Gasteiger partial charge in [-0.3, -0.25) is 9.59 Å². The summed E-state index contributed by atoms with van der Waals surface area (Å²) in [5.41, 5.74) is 3.82. The Balaban J connectivity index is 1.75. The molecule has 0 saturated heterocycles.